The summed E-state index contributed by atoms with van der Waals surface area (Å²) in [4.78, 5) is 22.8. The number of benzene rings is 1. The van der Waals surface area contributed by atoms with Crippen molar-refractivity contribution < 1.29 is 13.7 Å². The largest absolute Gasteiger partial charge is 0.363 e. The van der Waals surface area contributed by atoms with Gasteiger partial charge in [-0.15, -0.1) is 0 Å². The number of nitrogens with one attached hydrogen (secondary N) is 1. The Hall–Kier alpha value is -3.00. The van der Waals surface area contributed by atoms with Gasteiger partial charge in [0, 0.05) is 32.1 Å². The SMILES string of the molecule is Cc1nc([C@@H](NC(=O)c2cc(Cl)nc(N(C)C)c2)c2ccccc2F)no1. The van der Waals surface area contributed by atoms with Gasteiger partial charge in [-0.25, -0.2) is 9.37 Å². The molecule has 0 spiro atoms. The zero-order valence-corrected chi connectivity index (χ0v) is 15.7. The van der Waals surface area contributed by atoms with Crippen molar-refractivity contribution in [2.24, 2.45) is 0 Å². The van der Waals surface area contributed by atoms with Crippen molar-refractivity contribution in [1.29, 1.82) is 0 Å². The van der Waals surface area contributed by atoms with Crippen LogP contribution in [0.15, 0.2) is 40.9 Å². The number of rotatable bonds is 5. The van der Waals surface area contributed by atoms with Gasteiger partial charge in [0.1, 0.15) is 22.8 Å². The Balaban J connectivity index is 1.98. The van der Waals surface area contributed by atoms with Crippen LogP contribution in [0.1, 0.15) is 33.7 Å². The lowest BCUT2D eigenvalue weighted by Crippen LogP contribution is -2.31. The van der Waals surface area contributed by atoms with E-state index in [0.717, 1.165) is 0 Å². The van der Waals surface area contributed by atoms with Crippen LogP contribution < -0.4 is 10.2 Å². The van der Waals surface area contributed by atoms with E-state index in [9.17, 15) is 9.18 Å². The van der Waals surface area contributed by atoms with Crippen molar-refractivity contribution in [2.75, 3.05) is 19.0 Å². The van der Waals surface area contributed by atoms with Gasteiger partial charge >= 0.3 is 0 Å². The molecule has 0 saturated carbocycles. The monoisotopic (exact) mass is 389 g/mol. The van der Waals surface area contributed by atoms with E-state index in [1.165, 1.54) is 12.1 Å². The predicted molar refractivity (Wildman–Crippen MR) is 98.3 cm³/mol. The number of pyridine rings is 1. The van der Waals surface area contributed by atoms with Gasteiger partial charge in [-0.2, -0.15) is 4.98 Å². The topological polar surface area (TPSA) is 84.2 Å². The zero-order chi connectivity index (χ0) is 19.6. The van der Waals surface area contributed by atoms with Crippen molar-refractivity contribution in [3.63, 3.8) is 0 Å². The van der Waals surface area contributed by atoms with Gasteiger partial charge in [0.25, 0.3) is 5.91 Å². The molecular weight excluding hydrogens is 373 g/mol. The number of hydrogen-bond acceptors (Lipinski definition) is 6. The molecule has 1 aromatic carbocycles. The van der Waals surface area contributed by atoms with Gasteiger partial charge in [0.2, 0.25) is 5.89 Å². The minimum atomic E-state index is -0.925. The normalized spacial score (nSPS) is 11.9. The first kappa shape index (κ1) is 18.8. The molecule has 9 heteroatoms. The maximum atomic E-state index is 14.3. The maximum Gasteiger partial charge on any atom is 0.252 e. The second kappa shape index (κ2) is 7.71. The highest BCUT2D eigenvalue weighted by atomic mass is 35.5. The highest BCUT2D eigenvalue weighted by molar-refractivity contribution is 6.29. The van der Waals surface area contributed by atoms with E-state index in [1.54, 1.807) is 50.2 Å². The van der Waals surface area contributed by atoms with E-state index in [0.29, 0.717) is 11.7 Å². The number of amides is 1. The lowest BCUT2D eigenvalue weighted by molar-refractivity contribution is 0.0940. The van der Waals surface area contributed by atoms with Crippen molar-refractivity contribution in [1.82, 2.24) is 20.4 Å². The first-order chi connectivity index (χ1) is 12.8. The smallest absolute Gasteiger partial charge is 0.252 e. The minimum absolute atomic E-state index is 0.152. The number of halogens is 2. The molecule has 0 radical (unpaired) electrons. The minimum Gasteiger partial charge on any atom is -0.363 e. The third-order valence-electron chi connectivity index (χ3n) is 3.79. The summed E-state index contributed by atoms with van der Waals surface area (Å²) in [6.45, 7) is 1.61. The molecule has 27 heavy (non-hydrogen) atoms. The van der Waals surface area contributed by atoms with E-state index in [-0.39, 0.29) is 22.1 Å². The first-order valence-electron chi connectivity index (χ1n) is 8.05. The van der Waals surface area contributed by atoms with Gasteiger partial charge in [0.05, 0.1) is 0 Å². The average molecular weight is 390 g/mol. The molecule has 3 aromatic rings. The Labute approximate surface area is 160 Å². The summed E-state index contributed by atoms with van der Waals surface area (Å²) >= 11 is 6.02. The van der Waals surface area contributed by atoms with Crippen LogP contribution in [0.4, 0.5) is 10.2 Å². The van der Waals surface area contributed by atoms with Gasteiger partial charge in [-0.05, 0) is 18.2 Å². The maximum absolute atomic E-state index is 14.3. The predicted octanol–water partition coefficient (Wildman–Crippen LogP) is 3.15. The van der Waals surface area contributed by atoms with Crippen LogP contribution in [-0.2, 0) is 0 Å². The second-order valence-electron chi connectivity index (χ2n) is 6.03. The molecule has 2 heterocycles. The van der Waals surface area contributed by atoms with E-state index in [4.69, 9.17) is 16.1 Å². The fourth-order valence-corrected chi connectivity index (χ4v) is 2.68. The standard InChI is InChI=1S/C18H17ClFN5O2/c1-10-21-17(24-27-10)16(12-6-4-5-7-13(12)20)23-18(26)11-8-14(19)22-15(9-11)25(2)3/h4-9,16H,1-3H3,(H,23,26)/t16-/m0/s1. The molecule has 0 aliphatic rings. The molecule has 0 aliphatic heterocycles. The van der Waals surface area contributed by atoms with Crippen LogP contribution in [0, 0.1) is 12.7 Å². The number of aryl methyl sites for hydroxylation is 1. The molecule has 1 amide bonds. The summed E-state index contributed by atoms with van der Waals surface area (Å²) < 4.78 is 19.3. The number of nitrogens with zero attached hydrogens (tertiary/aromatic N) is 4. The van der Waals surface area contributed by atoms with E-state index in [1.807, 2.05) is 0 Å². The Morgan fingerprint density at radius 3 is 2.63 bits per heavy atom. The first-order valence-corrected chi connectivity index (χ1v) is 8.43. The van der Waals surface area contributed by atoms with Gasteiger partial charge in [-0.3, -0.25) is 4.79 Å². The molecule has 0 bridgehead atoms. The van der Waals surface area contributed by atoms with Crippen LogP contribution in [-0.4, -0.2) is 35.1 Å². The van der Waals surface area contributed by atoms with Gasteiger partial charge in [0.15, 0.2) is 5.82 Å². The van der Waals surface area contributed by atoms with Gasteiger partial charge in [-0.1, -0.05) is 35.0 Å². The third-order valence-corrected chi connectivity index (χ3v) is 3.99. The number of aromatic nitrogens is 3. The van der Waals surface area contributed by atoms with Crippen LogP contribution in [0.25, 0.3) is 0 Å². The summed E-state index contributed by atoms with van der Waals surface area (Å²) in [5, 5.41) is 6.74. The van der Waals surface area contributed by atoms with Crippen molar-refractivity contribution in [2.45, 2.75) is 13.0 Å². The van der Waals surface area contributed by atoms with Crippen LogP contribution in [0.2, 0.25) is 5.15 Å². The number of hydrogen-bond donors (Lipinski definition) is 1. The summed E-state index contributed by atoms with van der Waals surface area (Å²) in [7, 11) is 3.56. The molecule has 0 unspecified atom stereocenters. The highest BCUT2D eigenvalue weighted by Gasteiger charge is 2.25. The molecule has 0 fully saturated rings. The Kier molecular flexibility index (Phi) is 5.36. The van der Waals surface area contributed by atoms with E-state index < -0.39 is 17.8 Å². The number of carbonyl (C=O) groups excluding carboxylic acids is 1. The quantitative estimate of drug-likeness (QED) is 0.675. The highest BCUT2D eigenvalue weighted by Crippen LogP contribution is 2.24. The Morgan fingerprint density at radius 2 is 2.00 bits per heavy atom. The van der Waals surface area contributed by atoms with Crippen LogP contribution in [0.5, 0.6) is 0 Å². The molecule has 1 atom stereocenters. The Morgan fingerprint density at radius 1 is 1.26 bits per heavy atom. The third kappa shape index (κ3) is 4.22. The molecule has 7 nitrogen and oxygen atoms in total. The Bertz CT molecular complexity index is 976. The fourth-order valence-electron chi connectivity index (χ4n) is 2.48. The summed E-state index contributed by atoms with van der Waals surface area (Å²) in [5.74, 6) is 0.0111. The fraction of sp³-hybridized carbons (Fsp3) is 0.222. The van der Waals surface area contributed by atoms with Crippen molar-refractivity contribution >= 4 is 23.3 Å². The van der Waals surface area contributed by atoms with Crippen LogP contribution >= 0.6 is 11.6 Å². The molecule has 0 aliphatic carbocycles. The lowest BCUT2D eigenvalue weighted by atomic mass is 10.0. The summed E-state index contributed by atoms with van der Waals surface area (Å²) in [6.07, 6.45) is 0. The molecular formula is C18H17ClFN5O2. The van der Waals surface area contributed by atoms with E-state index >= 15 is 0 Å². The van der Waals surface area contributed by atoms with Crippen LogP contribution in [0.3, 0.4) is 0 Å². The summed E-state index contributed by atoms with van der Waals surface area (Å²) in [5.41, 5.74) is 0.500. The lowest BCUT2D eigenvalue weighted by Gasteiger charge is -2.18. The molecule has 0 saturated heterocycles. The van der Waals surface area contributed by atoms with Crippen molar-refractivity contribution in [3.8, 4) is 0 Å². The molecule has 2 aromatic heterocycles. The zero-order valence-electron chi connectivity index (χ0n) is 14.9. The second-order valence-corrected chi connectivity index (χ2v) is 6.42. The van der Waals surface area contributed by atoms with Crippen molar-refractivity contribution in [3.05, 3.63) is 70.2 Å². The van der Waals surface area contributed by atoms with E-state index in [2.05, 4.69) is 20.4 Å². The van der Waals surface area contributed by atoms with Gasteiger partial charge < -0.3 is 14.7 Å². The molecule has 1 N–H and O–H groups in total. The number of carbonyl (C=O) groups is 1. The molecule has 140 valence electrons. The average Bonchev–Trinajstić information content (AvgIpc) is 3.05. The summed E-state index contributed by atoms with van der Waals surface area (Å²) in [6, 6.07) is 8.17. The molecule has 3 rings (SSSR count). The number of anilines is 1.